The van der Waals surface area contributed by atoms with Gasteiger partial charge < -0.3 is 4.90 Å². The molecule has 0 saturated carbocycles. The molecule has 2 aromatic rings. The molecule has 4 nitrogen and oxygen atoms in total. The number of rotatable bonds is 1. The third-order valence-electron chi connectivity index (χ3n) is 3.45. The van der Waals surface area contributed by atoms with E-state index in [0.29, 0.717) is 17.3 Å². The molecule has 1 aliphatic rings. The van der Waals surface area contributed by atoms with Crippen LogP contribution < -0.4 is 4.90 Å². The molecular formula is C15H20ClN3OS. The molecule has 1 atom stereocenters. The van der Waals surface area contributed by atoms with Crippen LogP contribution in [0.1, 0.15) is 36.4 Å². The molecule has 0 saturated heterocycles. The van der Waals surface area contributed by atoms with E-state index in [1.54, 1.807) is 21.8 Å². The average Bonchev–Trinajstić information content (AvgIpc) is 2.87. The molecule has 114 valence electrons. The maximum atomic E-state index is 12.5. The van der Waals surface area contributed by atoms with Crippen molar-refractivity contribution in [1.82, 2.24) is 9.78 Å². The van der Waals surface area contributed by atoms with Gasteiger partial charge in [-0.05, 0) is 43.7 Å². The minimum Gasteiger partial charge on any atom is -0.305 e. The largest absolute Gasteiger partial charge is 0.305 e. The topological polar surface area (TPSA) is 38.1 Å². The second kappa shape index (κ2) is 6.54. The molecule has 0 aliphatic carbocycles. The minimum atomic E-state index is -0.0164. The molecule has 0 fully saturated rings. The van der Waals surface area contributed by atoms with Crippen LogP contribution >= 0.6 is 25.1 Å². The first kappa shape index (κ1) is 17.6. The zero-order valence-electron chi connectivity index (χ0n) is 11.3. The lowest BCUT2D eigenvalue weighted by Gasteiger charge is -2.32. The van der Waals surface area contributed by atoms with Crippen LogP contribution in [-0.4, -0.2) is 22.2 Å². The van der Waals surface area contributed by atoms with Crippen molar-refractivity contribution in [3.63, 3.8) is 0 Å². The molecule has 0 N–H and O–H groups in total. The van der Waals surface area contributed by atoms with Crippen molar-refractivity contribution in [3.05, 3.63) is 46.7 Å². The Morgan fingerprint density at radius 3 is 2.71 bits per heavy atom. The van der Waals surface area contributed by atoms with Crippen molar-refractivity contribution in [2.24, 2.45) is 0 Å². The Balaban J connectivity index is 0.00000110. The summed E-state index contributed by atoms with van der Waals surface area (Å²) in [7, 11) is 0. The lowest BCUT2D eigenvalue weighted by Crippen LogP contribution is -2.42. The standard InChI is InChI=1S/C14H14ClN3O.CH4.H2S/c1-9-7-11(3-4-12(9)15)17-8-10(2)18-13(14(17)19)5-6-16-18;;/h3-7,10H,8H2,1-2H3;1H4;1H2/t10-;;/m0../s1. The number of carbonyl (C=O) groups is 1. The van der Waals surface area contributed by atoms with Gasteiger partial charge in [0, 0.05) is 23.5 Å². The third-order valence-corrected chi connectivity index (χ3v) is 3.88. The van der Waals surface area contributed by atoms with E-state index in [4.69, 9.17) is 11.6 Å². The van der Waals surface area contributed by atoms with Gasteiger partial charge in [0.15, 0.2) is 0 Å². The van der Waals surface area contributed by atoms with Crippen LogP contribution in [0.2, 0.25) is 5.02 Å². The number of carbonyl (C=O) groups excluding carboxylic acids is 1. The maximum Gasteiger partial charge on any atom is 0.276 e. The van der Waals surface area contributed by atoms with Gasteiger partial charge in [-0.1, -0.05) is 19.0 Å². The number of nitrogens with zero attached hydrogens (tertiary/aromatic N) is 3. The van der Waals surface area contributed by atoms with E-state index < -0.39 is 0 Å². The van der Waals surface area contributed by atoms with Crippen molar-refractivity contribution < 1.29 is 4.79 Å². The summed E-state index contributed by atoms with van der Waals surface area (Å²) in [4.78, 5) is 14.2. The molecule has 1 aromatic heterocycles. The lowest BCUT2D eigenvalue weighted by atomic mass is 10.1. The molecule has 0 radical (unpaired) electrons. The predicted octanol–water partition coefficient (Wildman–Crippen LogP) is 3.82. The van der Waals surface area contributed by atoms with Gasteiger partial charge in [-0.15, -0.1) is 0 Å². The Bertz CT molecular complexity index is 656. The first-order chi connectivity index (χ1) is 9.08. The van der Waals surface area contributed by atoms with Crippen LogP contribution in [0, 0.1) is 6.92 Å². The van der Waals surface area contributed by atoms with Crippen molar-refractivity contribution in [2.75, 3.05) is 11.4 Å². The van der Waals surface area contributed by atoms with E-state index in [0.717, 1.165) is 11.3 Å². The SMILES string of the molecule is C.Cc1cc(N2C[C@H](C)n3nccc3C2=O)ccc1Cl.S. The maximum absolute atomic E-state index is 12.5. The van der Waals surface area contributed by atoms with Gasteiger partial charge in [0.1, 0.15) is 5.69 Å². The van der Waals surface area contributed by atoms with Crippen LogP contribution in [0.15, 0.2) is 30.5 Å². The zero-order valence-corrected chi connectivity index (χ0v) is 13.1. The summed E-state index contributed by atoms with van der Waals surface area (Å²) in [6.07, 6.45) is 1.67. The summed E-state index contributed by atoms with van der Waals surface area (Å²) in [5, 5.41) is 4.91. The molecule has 1 amide bonds. The molecule has 6 heteroatoms. The molecular weight excluding hydrogens is 306 g/mol. The summed E-state index contributed by atoms with van der Waals surface area (Å²) in [6.45, 7) is 4.61. The summed E-state index contributed by atoms with van der Waals surface area (Å²) in [6, 6.07) is 7.58. The first-order valence-electron chi connectivity index (χ1n) is 6.19. The van der Waals surface area contributed by atoms with Crippen molar-refractivity contribution >= 4 is 36.7 Å². The van der Waals surface area contributed by atoms with Gasteiger partial charge in [0.2, 0.25) is 0 Å². The van der Waals surface area contributed by atoms with Crippen LogP contribution in [0.5, 0.6) is 0 Å². The van der Waals surface area contributed by atoms with E-state index >= 15 is 0 Å². The molecule has 2 heterocycles. The van der Waals surface area contributed by atoms with Crippen molar-refractivity contribution in [1.29, 1.82) is 0 Å². The Labute approximate surface area is 137 Å². The number of halogens is 1. The van der Waals surface area contributed by atoms with E-state index in [2.05, 4.69) is 12.0 Å². The predicted molar refractivity (Wildman–Crippen MR) is 91.9 cm³/mol. The molecule has 21 heavy (non-hydrogen) atoms. The summed E-state index contributed by atoms with van der Waals surface area (Å²) in [5.74, 6) is -0.0164. The van der Waals surface area contributed by atoms with Crippen molar-refractivity contribution in [3.8, 4) is 0 Å². The number of amides is 1. The highest BCUT2D eigenvalue weighted by atomic mass is 35.5. The van der Waals surface area contributed by atoms with Crippen LogP contribution in [0.25, 0.3) is 0 Å². The molecule has 1 aromatic carbocycles. The number of hydrogen-bond donors (Lipinski definition) is 0. The van der Waals surface area contributed by atoms with Gasteiger partial charge in [-0.3, -0.25) is 9.48 Å². The summed E-state index contributed by atoms with van der Waals surface area (Å²) in [5.41, 5.74) is 2.48. The first-order valence-corrected chi connectivity index (χ1v) is 6.57. The number of benzene rings is 1. The van der Waals surface area contributed by atoms with E-state index in [1.165, 1.54) is 0 Å². The number of hydrogen-bond acceptors (Lipinski definition) is 2. The molecule has 0 bridgehead atoms. The van der Waals surface area contributed by atoms with Gasteiger partial charge in [-0.25, -0.2) is 0 Å². The Morgan fingerprint density at radius 1 is 1.33 bits per heavy atom. The van der Waals surface area contributed by atoms with Crippen LogP contribution in [0.4, 0.5) is 5.69 Å². The third kappa shape index (κ3) is 2.94. The lowest BCUT2D eigenvalue weighted by molar-refractivity contribution is 0.0953. The summed E-state index contributed by atoms with van der Waals surface area (Å²) >= 11 is 6.03. The molecule has 0 spiro atoms. The van der Waals surface area contributed by atoms with E-state index in [9.17, 15) is 4.79 Å². The molecule has 0 unspecified atom stereocenters. The van der Waals surface area contributed by atoms with Gasteiger partial charge in [0.05, 0.1) is 6.04 Å². The number of aryl methyl sites for hydroxylation is 1. The van der Waals surface area contributed by atoms with Gasteiger partial charge >= 0.3 is 0 Å². The number of anilines is 1. The number of aromatic nitrogens is 2. The Kier molecular flexibility index (Phi) is 5.48. The smallest absolute Gasteiger partial charge is 0.276 e. The second-order valence-corrected chi connectivity index (χ2v) is 5.27. The van der Waals surface area contributed by atoms with Crippen molar-refractivity contribution in [2.45, 2.75) is 27.3 Å². The fourth-order valence-electron chi connectivity index (χ4n) is 2.42. The summed E-state index contributed by atoms with van der Waals surface area (Å²) < 4.78 is 1.78. The number of fused-ring (bicyclic) bond motifs is 1. The fourth-order valence-corrected chi connectivity index (χ4v) is 2.53. The second-order valence-electron chi connectivity index (χ2n) is 4.86. The minimum absolute atomic E-state index is 0. The van der Waals surface area contributed by atoms with Crippen LogP contribution in [-0.2, 0) is 0 Å². The Hall–Kier alpha value is -1.46. The highest BCUT2D eigenvalue weighted by Crippen LogP contribution is 2.28. The molecule has 3 rings (SSSR count). The fraction of sp³-hybridized carbons (Fsp3) is 0.333. The van der Waals surface area contributed by atoms with Gasteiger partial charge in [-0.2, -0.15) is 18.6 Å². The Morgan fingerprint density at radius 2 is 2.05 bits per heavy atom. The highest BCUT2D eigenvalue weighted by molar-refractivity contribution is 7.59. The molecule has 1 aliphatic heterocycles. The van der Waals surface area contributed by atoms with E-state index in [-0.39, 0.29) is 32.9 Å². The zero-order chi connectivity index (χ0) is 13.6. The van der Waals surface area contributed by atoms with Crippen LogP contribution in [0.3, 0.4) is 0 Å². The highest BCUT2D eigenvalue weighted by Gasteiger charge is 2.30. The normalized spacial score (nSPS) is 16.8. The average molecular weight is 326 g/mol. The van der Waals surface area contributed by atoms with E-state index in [1.807, 2.05) is 25.1 Å². The monoisotopic (exact) mass is 325 g/mol. The van der Waals surface area contributed by atoms with Gasteiger partial charge in [0.25, 0.3) is 5.91 Å². The quantitative estimate of drug-likeness (QED) is 0.799.